The second-order valence-electron chi connectivity index (χ2n) is 3.86. The summed E-state index contributed by atoms with van der Waals surface area (Å²) in [5, 5.41) is 2.60. The monoisotopic (exact) mass is 183 g/mol. The third kappa shape index (κ3) is 7.35. The molecular formula is C10H17NO2. The highest BCUT2D eigenvalue weighted by molar-refractivity contribution is 5.77. The molecule has 0 radical (unpaired) electrons. The van der Waals surface area contributed by atoms with Gasteiger partial charge in [-0.15, -0.1) is 6.42 Å². The molecule has 0 aromatic carbocycles. The molecule has 0 rings (SSSR count). The summed E-state index contributed by atoms with van der Waals surface area (Å²) in [5.74, 6) is 2.23. The van der Waals surface area contributed by atoms with Gasteiger partial charge >= 0.3 is 0 Å². The lowest BCUT2D eigenvalue weighted by atomic mass is 10.2. The fourth-order valence-electron chi connectivity index (χ4n) is 0.607. The first-order chi connectivity index (χ1) is 5.85. The Morgan fingerprint density at radius 1 is 1.62 bits per heavy atom. The van der Waals surface area contributed by atoms with Crippen molar-refractivity contribution < 1.29 is 9.53 Å². The number of carbonyl (C=O) groups excluding carboxylic acids is 1. The number of terminal acetylenes is 1. The predicted molar refractivity (Wildman–Crippen MR) is 52.1 cm³/mol. The van der Waals surface area contributed by atoms with Gasteiger partial charge in [-0.1, -0.05) is 5.92 Å². The Bertz CT molecular complexity index is 210. The maximum absolute atomic E-state index is 11.1. The van der Waals surface area contributed by atoms with Gasteiger partial charge in [0, 0.05) is 0 Å². The van der Waals surface area contributed by atoms with Crippen molar-refractivity contribution in [1.82, 2.24) is 5.32 Å². The first-order valence-electron chi connectivity index (χ1n) is 4.24. The van der Waals surface area contributed by atoms with Crippen LogP contribution in [0, 0.1) is 12.3 Å². The fraction of sp³-hybridized carbons (Fsp3) is 0.700. The van der Waals surface area contributed by atoms with Crippen molar-refractivity contribution in [3.63, 3.8) is 0 Å². The van der Waals surface area contributed by atoms with E-state index in [9.17, 15) is 4.79 Å². The quantitative estimate of drug-likeness (QED) is 0.661. The Hall–Kier alpha value is -1.01. The van der Waals surface area contributed by atoms with E-state index >= 15 is 0 Å². The molecule has 3 nitrogen and oxygen atoms in total. The van der Waals surface area contributed by atoms with Crippen molar-refractivity contribution in [3.8, 4) is 12.3 Å². The summed E-state index contributed by atoms with van der Waals surface area (Å²) >= 11 is 0. The van der Waals surface area contributed by atoms with Crippen LogP contribution in [0.2, 0.25) is 0 Å². The van der Waals surface area contributed by atoms with Gasteiger partial charge in [-0.25, -0.2) is 0 Å². The zero-order chi connectivity index (χ0) is 10.5. The highest BCUT2D eigenvalue weighted by atomic mass is 16.5. The summed E-state index contributed by atoms with van der Waals surface area (Å²) in [7, 11) is 0. The molecule has 0 aliphatic carbocycles. The number of rotatable bonds is 3. The molecule has 0 aliphatic rings. The standard InChI is InChI=1S/C10H17NO2/c1-6-8(2)11-9(12)7-13-10(3,4)5/h1,8H,7H2,2-5H3,(H,11,12). The van der Waals surface area contributed by atoms with Gasteiger partial charge < -0.3 is 10.1 Å². The van der Waals surface area contributed by atoms with Gasteiger partial charge in [-0.05, 0) is 27.7 Å². The maximum Gasteiger partial charge on any atom is 0.246 e. The van der Waals surface area contributed by atoms with Crippen LogP contribution in [0.4, 0.5) is 0 Å². The molecule has 0 heterocycles. The Balaban J connectivity index is 3.72. The van der Waals surface area contributed by atoms with E-state index in [4.69, 9.17) is 11.2 Å². The topological polar surface area (TPSA) is 38.3 Å². The minimum atomic E-state index is -0.295. The van der Waals surface area contributed by atoms with Gasteiger partial charge in [0.05, 0.1) is 11.6 Å². The number of hydrogen-bond acceptors (Lipinski definition) is 2. The molecule has 0 aromatic rings. The van der Waals surface area contributed by atoms with Gasteiger partial charge in [0.25, 0.3) is 0 Å². The van der Waals surface area contributed by atoms with E-state index in [1.54, 1.807) is 6.92 Å². The molecule has 0 saturated carbocycles. The molecule has 1 amide bonds. The van der Waals surface area contributed by atoms with E-state index in [-0.39, 0.29) is 24.2 Å². The van der Waals surface area contributed by atoms with Crippen LogP contribution in [-0.4, -0.2) is 24.2 Å². The van der Waals surface area contributed by atoms with Crippen LogP contribution >= 0.6 is 0 Å². The zero-order valence-corrected chi connectivity index (χ0v) is 8.68. The van der Waals surface area contributed by atoms with Crippen LogP contribution in [0.5, 0.6) is 0 Å². The molecule has 0 saturated heterocycles. The van der Waals surface area contributed by atoms with Crippen LogP contribution in [0.15, 0.2) is 0 Å². The third-order valence-corrected chi connectivity index (χ3v) is 1.26. The first kappa shape index (κ1) is 12.0. The lowest BCUT2D eigenvalue weighted by Crippen LogP contribution is -2.36. The minimum absolute atomic E-state index is 0.0511. The Labute approximate surface area is 79.8 Å². The zero-order valence-electron chi connectivity index (χ0n) is 8.68. The Kier molecular flexibility index (Phi) is 4.50. The van der Waals surface area contributed by atoms with Gasteiger partial charge in [0.2, 0.25) is 5.91 Å². The van der Waals surface area contributed by atoms with E-state index in [2.05, 4.69) is 11.2 Å². The summed E-state index contributed by atoms with van der Waals surface area (Å²) in [4.78, 5) is 11.1. The van der Waals surface area contributed by atoms with E-state index in [1.807, 2.05) is 20.8 Å². The van der Waals surface area contributed by atoms with E-state index in [1.165, 1.54) is 0 Å². The van der Waals surface area contributed by atoms with Crippen molar-refractivity contribution in [2.24, 2.45) is 0 Å². The molecule has 0 fully saturated rings. The second-order valence-corrected chi connectivity index (χ2v) is 3.86. The van der Waals surface area contributed by atoms with Crippen molar-refractivity contribution >= 4 is 5.91 Å². The molecule has 1 unspecified atom stereocenters. The maximum atomic E-state index is 11.1. The van der Waals surface area contributed by atoms with Crippen LogP contribution in [-0.2, 0) is 9.53 Å². The highest BCUT2D eigenvalue weighted by Crippen LogP contribution is 2.05. The predicted octanol–water partition coefficient (Wildman–Crippen LogP) is 0.939. The molecule has 0 aliphatic heterocycles. The van der Waals surface area contributed by atoms with Crippen molar-refractivity contribution in [2.45, 2.75) is 39.3 Å². The summed E-state index contributed by atoms with van der Waals surface area (Å²) in [6.45, 7) is 7.48. The normalized spacial score (nSPS) is 13.2. The number of ether oxygens (including phenoxy) is 1. The molecule has 13 heavy (non-hydrogen) atoms. The Morgan fingerprint density at radius 2 is 2.15 bits per heavy atom. The highest BCUT2D eigenvalue weighted by Gasteiger charge is 2.13. The Morgan fingerprint density at radius 3 is 2.54 bits per heavy atom. The second kappa shape index (κ2) is 4.88. The van der Waals surface area contributed by atoms with Crippen LogP contribution in [0.3, 0.4) is 0 Å². The molecule has 0 aromatic heterocycles. The third-order valence-electron chi connectivity index (χ3n) is 1.26. The van der Waals surface area contributed by atoms with Gasteiger partial charge in [0.15, 0.2) is 0 Å². The van der Waals surface area contributed by atoms with Gasteiger partial charge in [-0.2, -0.15) is 0 Å². The number of carbonyl (C=O) groups is 1. The number of amides is 1. The molecular weight excluding hydrogens is 166 g/mol. The largest absolute Gasteiger partial charge is 0.366 e. The van der Waals surface area contributed by atoms with Gasteiger partial charge in [-0.3, -0.25) is 4.79 Å². The van der Waals surface area contributed by atoms with Gasteiger partial charge in [0.1, 0.15) is 6.61 Å². The van der Waals surface area contributed by atoms with E-state index < -0.39 is 0 Å². The van der Waals surface area contributed by atoms with E-state index in [0.717, 1.165) is 0 Å². The average Bonchev–Trinajstić information content (AvgIpc) is 1.99. The fourth-order valence-corrected chi connectivity index (χ4v) is 0.607. The number of hydrogen-bond donors (Lipinski definition) is 1. The molecule has 1 atom stereocenters. The minimum Gasteiger partial charge on any atom is -0.366 e. The molecule has 0 spiro atoms. The van der Waals surface area contributed by atoms with Crippen molar-refractivity contribution in [2.75, 3.05) is 6.61 Å². The van der Waals surface area contributed by atoms with Crippen molar-refractivity contribution in [1.29, 1.82) is 0 Å². The SMILES string of the molecule is C#CC(C)NC(=O)COC(C)(C)C. The van der Waals surface area contributed by atoms with Crippen LogP contribution < -0.4 is 5.32 Å². The summed E-state index contributed by atoms with van der Waals surface area (Å²) < 4.78 is 5.26. The summed E-state index contributed by atoms with van der Waals surface area (Å²) in [5.41, 5.74) is -0.295. The van der Waals surface area contributed by atoms with Crippen molar-refractivity contribution in [3.05, 3.63) is 0 Å². The summed E-state index contributed by atoms with van der Waals surface area (Å²) in [6.07, 6.45) is 5.10. The number of nitrogens with one attached hydrogen (secondary N) is 1. The van der Waals surface area contributed by atoms with Crippen LogP contribution in [0.25, 0.3) is 0 Å². The lowest BCUT2D eigenvalue weighted by molar-refractivity contribution is -0.130. The molecule has 74 valence electrons. The molecule has 1 N–H and O–H groups in total. The van der Waals surface area contributed by atoms with Crippen LogP contribution in [0.1, 0.15) is 27.7 Å². The first-order valence-corrected chi connectivity index (χ1v) is 4.24. The average molecular weight is 183 g/mol. The summed E-state index contributed by atoms with van der Waals surface area (Å²) in [6, 6.07) is -0.240. The molecule has 0 bridgehead atoms. The smallest absolute Gasteiger partial charge is 0.246 e. The van der Waals surface area contributed by atoms with E-state index in [0.29, 0.717) is 0 Å². The lowest BCUT2D eigenvalue weighted by Gasteiger charge is -2.19. The molecule has 3 heteroatoms.